The lowest BCUT2D eigenvalue weighted by Crippen LogP contribution is -2.24. The number of pyridine rings is 2. The molecule has 2 heterocycles. The van der Waals surface area contributed by atoms with Crippen molar-refractivity contribution >= 4 is 29.1 Å². The third kappa shape index (κ3) is 4.28. The Morgan fingerprint density at radius 2 is 1.85 bits per heavy atom. The summed E-state index contributed by atoms with van der Waals surface area (Å²) < 4.78 is 5.74. The second kappa shape index (κ2) is 5.89. The van der Waals surface area contributed by atoms with Crippen LogP contribution in [0.2, 0.25) is 5.02 Å². The molecule has 0 aliphatic rings. The number of nitrogen functional groups attached to an aromatic ring is 1. The number of nitrogens with zero attached hydrogens (tertiary/aromatic N) is 2. The summed E-state index contributed by atoms with van der Waals surface area (Å²) in [6.45, 7) is 5.86. The lowest BCUT2D eigenvalue weighted by molar-refractivity contribution is 0.124. The molecule has 0 aromatic carbocycles. The average molecular weight is 310 g/mol. The standard InChI is InChI=1S/C14H16ClN3OS/c1-14(2,3)19-13-10(16)5-7-12(18-13)20-11-6-4-9(15)8-17-11/h4-8H,16H2,1-3H3. The van der Waals surface area contributed by atoms with Crippen LogP contribution in [0.15, 0.2) is 40.5 Å². The number of aromatic nitrogens is 2. The third-order valence-electron chi connectivity index (χ3n) is 2.18. The quantitative estimate of drug-likeness (QED) is 0.927. The van der Waals surface area contributed by atoms with Gasteiger partial charge in [0, 0.05) is 6.20 Å². The average Bonchev–Trinajstić information content (AvgIpc) is 2.34. The number of ether oxygens (including phenoxy) is 1. The molecule has 0 saturated carbocycles. The Morgan fingerprint density at radius 1 is 1.15 bits per heavy atom. The molecule has 0 amide bonds. The lowest BCUT2D eigenvalue weighted by Gasteiger charge is -2.21. The van der Waals surface area contributed by atoms with Crippen molar-refractivity contribution in [3.63, 3.8) is 0 Å². The fourth-order valence-corrected chi connectivity index (χ4v) is 2.22. The van der Waals surface area contributed by atoms with Gasteiger partial charge in [0.05, 0.1) is 10.7 Å². The lowest BCUT2D eigenvalue weighted by atomic mass is 10.2. The van der Waals surface area contributed by atoms with Crippen molar-refractivity contribution in [2.75, 3.05) is 5.73 Å². The molecule has 0 aliphatic heterocycles. The minimum Gasteiger partial charge on any atom is -0.470 e. The number of hydrogen-bond donors (Lipinski definition) is 1. The van der Waals surface area contributed by atoms with Crippen molar-refractivity contribution in [1.29, 1.82) is 0 Å². The van der Waals surface area contributed by atoms with Gasteiger partial charge in [-0.25, -0.2) is 9.97 Å². The maximum atomic E-state index is 5.88. The first-order valence-electron chi connectivity index (χ1n) is 6.08. The smallest absolute Gasteiger partial charge is 0.238 e. The van der Waals surface area contributed by atoms with Crippen LogP contribution in [-0.4, -0.2) is 15.6 Å². The van der Waals surface area contributed by atoms with E-state index < -0.39 is 0 Å². The second-order valence-electron chi connectivity index (χ2n) is 5.18. The number of hydrogen-bond acceptors (Lipinski definition) is 5. The minimum atomic E-state index is -0.344. The molecule has 0 saturated heterocycles. The molecule has 0 atom stereocenters. The molecule has 0 bridgehead atoms. The van der Waals surface area contributed by atoms with Gasteiger partial charge in [0.25, 0.3) is 0 Å². The first-order valence-corrected chi connectivity index (χ1v) is 7.28. The van der Waals surface area contributed by atoms with Gasteiger partial charge >= 0.3 is 0 Å². The Hall–Kier alpha value is -1.46. The molecule has 106 valence electrons. The van der Waals surface area contributed by atoms with E-state index in [2.05, 4.69) is 9.97 Å². The Kier molecular flexibility index (Phi) is 4.40. The van der Waals surface area contributed by atoms with Gasteiger partial charge in [-0.3, -0.25) is 0 Å². The zero-order chi connectivity index (χ0) is 14.8. The highest BCUT2D eigenvalue weighted by Crippen LogP contribution is 2.30. The molecule has 0 aliphatic carbocycles. The molecule has 0 unspecified atom stereocenters. The van der Waals surface area contributed by atoms with Crippen molar-refractivity contribution in [2.45, 2.75) is 36.4 Å². The van der Waals surface area contributed by atoms with Gasteiger partial charge in [-0.05, 0) is 56.8 Å². The van der Waals surface area contributed by atoms with Gasteiger partial charge in [-0.1, -0.05) is 11.6 Å². The predicted octanol–water partition coefficient (Wildman–Crippen LogP) is 4.04. The van der Waals surface area contributed by atoms with Gasteiger partial charge in [0.1, 0.15) is 15.7 Å². The number of halogens is 1. The van der Waals surface area contributed by atoms with Gasteiger partial charge in [-0.15, -0.1) is 0 Å². The van der Waals surface area contributed by atoms with E-state index in [-0.39, 0.29) is 5.60 Å². The molecule has 2 rings (SSSR count). The summed E-state index contributed by atoms with van der Waals surface area (Å²) in [6.07, 6.45) is 1.60. The first-order chi connectivity index (χ1) is 9.33. The van der Waals surface area contributed by atoms with Crippen LogP contribution in [-0.2, 0) is 0 Å². The summed E-state index contributed by atoms with van der Waals surface area (Å²) in [5.41, 5.74) is 6.06. The van der Waals surface area contributed by atoms with Crippen molar-refractivity contribution in [3.8, 4) is 5.88 Å². The monoisotopic (exact) mass is 309 g/mol. The Bertz CT molecular complexity index is 596. The van der Waals surface area contributed by atoms with E-state index in [0.717, 1.165) is 10.1 Å². The maximum absolute atomic E-state index is 5.88. The Morgan fingerprint density at radius 3 is 2.45 bits per heavy atom. The van der Waals surface area contributed by atoms with Crippen molar-refractivity contribution in [3.05, 3.63) is 35.5 Å². The van der Waals surface area contributed by atoms with E-state index in [1.807, 2.05) is 32.9 Å². The van der Waals surface area contributed by atoms with Crippen LogP contribution >= 0.6 is 23.4 Å². The molecular formula is C14H16ClN3OS. The van der Waals surface area contributed by atoms with Crippen LogP contribution in [0.4, 0.5) is 5.69 Å². The molecule has 0 fully saturated rings. The molecule has 6 heteroatoms. The van der Waals surface area contributed by atoms with Crippen LogP contribution in [0.5, 0.6) is 5.88 Å². The molecular weight excluding hydrogens is 294 g/mol. The zero-order valence-electron chi connectivity index (χ0n) is 11.6. The molecule has 4 nitrogen and oxygen atoms in total. The van der Waals surface area contributed by atoms with Gasteiger partial charge in [-0.2, -0.15) is 0 Å². The van der Waals surface area contributed by atoms with Crippen LogP contribution in [0.3, 0.4) is 0 Å². The number of rotatable bonds is 3. The fourth-order valence-electron chi connectivity index (χ4n) is 1.39. The fraction of sp³-hybridized carbons (Fsp3) is 0.286. The topological polar surface area (TPSA) is 61.0 Å². The summed E-state index contributed by atoms with van der Waals surface area (Å²) in [7, 11) is 0. The summed E-state index contributed by atoms with van der Waals surface area (Å²) in [4.78, 5) is 8.64. The minimum absolute atomic E-state index is 0.344. The first kappa shape index (κ1) is 14.9. The summed E-state index contributed by atoms with van der Waals surface area (Å²) in [5, 5.41) is 2.19. The van der Waals surface area contributed by atoms with Crippen LogP contribution in [0, 0.1) is 0 Å². The highest BCUT2D eigenvalue weighted by Gasteiger charge is 2.15. The highest BCUT2D eigenvalue weighted by molar-refractivity contribution is 7.99. The maximum Gasteiger partial charge on any atom is 0.238 e. The van der Waals surface area contributed by atoms with E-state index in [1.165, 1.54) is 11.8 Å². The molecule has 0 radical (unpaired) electrons. The van der Waals surface area contributed by atoms with E-state index in [0.29, 0.717) is 16.6 Å². The van der Waals surface area contributed by atoms with E-state index >= 15 is 0 Å². The Labute approximate surface area is 127 Å². The summed E-state index contributed by atoms with van der Waals surface area (Å²) in [5.74, 6) is 0.441. The third-order valence-corrected chi connectivity index (χ3v) is 3.29. The van der Waals surface area contributed by atoms with Crippen molar-refractivity contribution in [2.24, 2.45) is 0 Å². The predicted molar refractivity (Wildman–Crippen MR) is 82.4 cm³/mol. The summed E-state index contributed by atoms with van der Waals surface area (Å²) >= 11 is 7.24. The molecule has 0 spiro atoms. The van der Waals surface area contributed by atoms with Crippen molar-refractivity contribution in [1.82, 2.24) is 9.97 Å². The molecule has 2 aromatic rings. The SMILES string of the molecule is CC(C)(C)Oc1nc(Sc2ccc(Cl)cn2)ccc1N. The molecule has 2 aromatic heterocycles. The largest absolute Gasteiger partial charge is 0.470 e. The summed E-state index contributed by atoms with van der Waals surface area (Å²) in [6, 6.07) is 7.26. The molecule has 2 N–H and O–H groups in total. The van der Waals surface area contributed by atoms with Crippen LogP contribution in [0.25, 0.3) is 0 Å². The van der Waals surface area contributed by atoms with Gasteiger partial charge < -0.3 is 10.5 Å². The molecule has 20 heavy (non-hydrogen) atoms. The van der Waals surface area contributed by atoms with E-state index in [1.54, 1.807) is 18.3 Å². The van der Waals surface area contributed by atoms with Crippen molar-refractivity contribution < 1.29 is 4.74 Å². The van der Waals surface area contributed by atoms with Gasteiger partial charge in [0.2, 0.25) is 5.88 Å². The highest BCUT2D eigenvalue weighted by atomic mass is 35.5. The van der Waals surface area contributed by atoms with Gasteiger partial charge in [0.15, 0.2) is 0 Å². The van der Waals surface area contributed by atoms with Crippen LogP contribution < -0.4 is 10.5 Å². The van der Waals surface area contributed by atoms with E-state index in [9.17, 15) is 0 Å². The number of anilines is 1. The van der Waals surface area contributed by atoms with E-state index in [4.69, 9.17) is 22.1 Å². The normalized spacial score (nSPS) is 11.4. The second-order valence-corrected chi connectivity index (χ2v) is 6.65. The zero-order valence-corrected chi connectivity index (χ0v) is 13.1. The Balaban J connectivity index is 2.20. The number of nitrogens with two attached hydrogens (primary N) is 1. The van der Waals surface area contributed by atoms with Crippen LogP contribution in [0.1, 0.15) is 20.8 Å².